The highest BCUT2D eigenvalue weighted by Crippen LogP contribution is 2.28. The Morgan fingerprint density at radius 3 is 2.39 bits per heavy atom. The van der Waals surface area contributed by atoms with Gasteiger partial charge >= 0.3 is 6.18 Å². The van der Waals surface area contributed by atoms with E-state index in [2.05, 4.69) is 0 Å². The van der Waals surface area contributed by atoms with Crippen LogP contribution < -0.4 is 5.56 Å². The molecule has 1 heterocycles. The van der Waals surface area contributed by atoms with E-state index in [1.54, 1.807) is 0 Å². The minimum Gasteiger partial charge on any atom is -0.396 e. The van der Waals surface area contributed by atoms with Gasteiger partial charge in [-0.2, -0.15) is 13.2 Å². The zero-order valence-electron chi connectivity index (χ0n) is 9.91. The zero-order chi connectivity index (χ0) is 13.6. The Kier molecular flexibility index (Phi) is 5.40. The Morgan fingerprint density at radius 1 is 1.11 bits per heavy atom. The minimum absolute atomic E-state index is 0.115. The number of aryl methyl sites for hydroxylation is 1. The maximum atomic E-state index is 12.4. The van der Waals surface area contributed by atoms with Crippen LogP contribution in [0.4, 0.5) is 13.2 Å². The van der Waals surface area contributed by atoms with Gasteiger partial charge in [-0.1, -0.05) is 12.8 Å². The average Bonchev–Trinajstić information content (AvgIpc) is 2.29. The molecule has 0 aromatic carbocycles. The molecule has 1 aromatic heterocycles. The molecule has 0 fully saturated rings. The van der Waals surface area contributed by atoms with E-state index in [0.717, 1.165) is 35.7 Å². The molecule has 0 unspecified atom stereocenters. The average molecular weight is 263 g/mol. The summed E-state index contributed by atoms with van der Waals surface area (Å²) in [6.07, 6.45) is -0.674. The van der Waals surface area contributed by atoms with E-state index in [0.29, 0.717) is 12.8 Å². The van der Waals surface area contributed by atoms with Gasteiger partial charge in [-0.25, -0.2) is 0 Å². The summed E-state index contributed by atoms with van der Waals surface area (Å²) < 4.78 is 38.4. The first-order valence-corrected chi connectivity index (χ1v) is 5.83. The first-order chi connectivity index (χ1) is 8.45. The van der Waals surface area contributed by atoms with Gasteiger partial charge in [-0.3, -0.25) is 4.79 Å². The van der Waals surface area contributed by atoms with E-state index in [4.69, 9.17) is 5.11 Å². The van der Waals surface area contributed by atoms with Crippen LogP contribution in [0.25, 0.3) is 0 Å². The highest BCUT2D eigenvalue weighted by molar-refractivity contribution is 5.13. The van der Waals surface area contributed by atoms with E-state index in [9.17, 15) is 18.0 Å². The van der Waals surface area contributed by atoms with Gasteiger partial charge in [-0.05, 0) is 18.9 Å². The van der Waals surface area contributed by atoms with Gasteiger partial charge in [0.25, 0.3) is 5.56 Å². The van der Waals surface area contributed by atoms with Crippen molar-refractivity contribution in [2.45, 2.75) is 38.4 Å². The molecule has 0 bridgehead atoms. The number of alkyl halides is 3. The fraction of sp³-hybridized carbons (Fsp3) is 0.583. The lowest BCUT2D eigenvalue weighted by molar-refractivity contribution is -0.138. The number of aliphatic hydroxyl groups excluding tert-OH is 1. The van der Waals surface area contributed by atoms with Crippen LogP contribution in [0.5, 0.6) is 0 Å². The van der Waals surface area contributed by atoms with Crippen molar-refractivity contribution in [2.75, 3.05) is 6.61 Å². The third-order valence-electron chi connectivity index (χ3n) is 2.62. The summed E-state index contributed by atoms with van der Waals surface area (Å²) in [5, 5.41) is 8.57. The molecule has 18 heavy (non-hydrogen) atoms. The molecule has 0 saturated heterocycles. The largest absolute Gasteiger partial charge is 0.417 e. The van der Waals surface area contributed by atoms with Crippen LogP contribution in [0.2, 0.25) is 0 Å². The number of hydrogen-bond donors (Lipinski definition) is 1. The molecular weight excluding hydrogens is 247 g/mol. The second-order valence-corrected chi connectivity index (χ2v) is 4.08. The molecule has 0 aliphatic rings. The SMILES string of the molecule is O=c1ccc(C(F)(F)F)cn1CCCCCCO. The van der Waals surface area contributed by atoms with Crippen LogP contribution in [0.15, 0.2) is 23.1 Å². The van der Waals surface area contributed by atoms with Crippen molar-refractivity contribution in [3.63, 3.8) is 0 Å². The van der Waals surface area contributed by atoms with Crippen LogP contribution in [-0.2, 0) is 12.7 Å². The predicted octanol–water partition coefficient (Wildman–Crippen LogP) is 2.42. The summed E-state index contributed by atoms with van der Waals surface area (Å²) in [5.41, 5.74) is -1.23. The predicted molar refractivity (Wildman–Crippen MR) is 61.3 cm³/mol. The molecule has 0 saturated carbocycles. The van der Waals surface area contributed by atoms with Gasteiger partial charge in [0, 0.05) is 25.4 Å². The van der Waals surface area contributed by atoms with Crippen LogP contribution in [0.1, 0.15) is 31.2 Å². The number of hydrogen-bond acceptors (Lipinski definition) is 2. The molecule has 0 spiro atoms. The van der Waals surface area contributed by atoms with Gasteiger partial charge in [0.1, 0.15) is 0 Å². The Hall–Kier alpha value is -1.30. The summed E-state index contributed by atoms with van der Waals surface area (Å²) >= 11 is 0. The lowest BCUT2D eigenvalue weighted by atomic mass is 10.2. The van der Waals surface area contributed by atoms with Crippen molar-refractivity contribution < 1.29 is 18.3 Å². The number of pyridine rings is 1. The standard InChI is InChI=1S/C12H16F3NO2/c13-12(14,15)10-5-6-11(18)16(9-10)7-3-1-2-4-8-17/h5-6,9,17H,1-4,7-8H2. The summed E-state index contributed by atoms with van der Waals surface area (Å²) in [7, 11) is 0. The van der Waals surface area contributed by atoms with E-state index >= 15 is 0 Å². The van der Waals surface area contributed by atoms with Crippen molar-refractivity contribution >= 4 is 0 Å². The fourth-order valence-electron chi connectivity index (χ4n) is 1.62. The maximum absolute atomic E-state index is 12.4. The number of rotatable bonds is 6. The molecule has 1 aromatic rings. The normalized spacial score (nSPS) is 11.8. The molecule has 0 amide bonds. The van der Waals surface area contributed by atoms with Crippen molar-refractivity contribution in [3.05, 3.63) is 34.2 Å². The summed E-state index contributed by atoms with van der Waals surface area (Å²) in [5.74, 6) is 0. The Labute approximate surface area is 103 Å². The van der Waals surface area contributed by atoms with E-state index in [-0.39, 0.29) is 13.2 Å². The van der Waals surface area contributed by atoms with E-state index < -0.39 is 17.3 Å². The van der Waals surface area contributed by atoms with Crippen molar-refractivity contribution in [2.24, 2.45) is 0 Å². The maximum Gasteiger partial charge on any atom is 0.417 e. The molecule has 0 aliphatic carbocycles. The van der Waals surface area contributed by atoms with Crippen molar-refractivity contribution in [1.82, 2.24) is 4.57 Å². The van der Waals surface area contributed by atoms with Crippen molar-refractivity contribution in [3.8, 4) is 0 Å². The van der Waals surface area contributed by atoms with Gasteiger partial charge < -0.3 is 9.67 Å². The lowest BCUT2D eigenvalue weighted by Gasteiger charge is -2.10. The van der Waals surface area contributed by atoms with E-state index in [1.165, 1.54) is 0 Å². The Morgan fingerprint density at radius 2 is 1.78 bits per heavy atom. The highest BCUT2D eigenvalue weighted by atomic mass is 19.4. The highest BCUT2D eigenvalue weighted by Gasteiger charge is 2.30. The molecular formula is C12H16F3NO2. The lowest BCUT2D eigenvalue weighted by Crippen LogP contribution is -2.21. The number of aliphatic hydroxyl groups is 1. The van der Waals surface area contributed by atoms with Crippen LogP contribution in [0.3, 0.4) is 0 Å². The molecule has 102 valence electrons. The van der Waals surface area contributed by atoms with Crippen LogP contribution >= 0.6 is 0 Å². The monoisotopic (exact) mass is 263 g/mol. The van der Waals surface area contributed by atoms with Gasteiger partial charge in [0.05, 0.1) is 5.56 Å². The third-order valence-corrected chi connectivity index (χ3v) is 2.62. The summed E-state index contributed by atoms with van der Waals surface area (Å²) in [6, 6.07) is 1.74. The first kappa shape index (κ1) is 14.8. The molecule has 0 atom stereocenters. The van der Waals surface area contributed by atoms with Crippen LogP contribution in [0, 0.1) is 0 Å². The summed E-state index contributed by atoms with van der Waals surface area (Å²) in [4.78, 5) is 11.4. The molecule has 1 rings (SSSR count). The number of halogens is 3. The quantitative estimate of drug-likeness (QED) is 0.801. The van der Waals surface area contributed by atoms with Crippen molar-refractivity contribution in [1.29, 1.82) is 0 Å². The molecule has 0 aliphatic heterocycles. The number of aromatic nitrogens is 1. The second-order valence-electron chi connectivity index (χ2n) is 4.08. The number of nitrogens with zero attached hydrogens (tertiary/aromatic N) is 1. The first-order valence-electron chi connectivity index (χ1n) is 5.83. The second kappa shape index (κ2) is 6.58. The number of unbranched alkanes of at least 4 members (excludes halogenated alkanes) is 3. The van der Waals surface area contributed by atoms with Crippen LogP contribution in [-0.4, -0.2) is 16.3 Å². The van der Waals surface area contributed by atoms with Gasteiger partial charge in [0.15, 0.2) is 0 Å². The van der Waals surface area contributed by atoms with Gasteiger partial charge in [-0.15, -0.1) is 0 Å². The smallest absolute Gasteiger partial charge is 0.396 e. The topological polar surface area (TPSA) is 42.2 Å². The minimum atomic E-state index is -4.42. The van der Waals surface area contributed by atoms with Gasteiger partial charge in [0.2, 0.25) is 0 Å². The molecule has 1 N–H and O–H groups in total. The zero-order valence-corrected chi connectivity index (χ0v) is 9.91. The van der Waals surface area contributed by atoms with E-state index in [1.807, 2.05) is 0 Å². The third kappa shape index (κ3) is 4.52. The summed E-state index contributed by atoms with van der Waals surface area (Å²) in [6.45, 7) is 0.387. The fourth-order valence-corrected chi connectivity index (χ4v) is 1.62. The molecule has 6 heteroatoms. The Bertz CT molecular complexity index is 426. The molecule has 0 radical (unpaired) electrons. The molecule has 3 nitrogen and oxygen atoms in total. The Balaban J connectivity index is 2.62.